The zero-order valence-corrected chi connectivity index (χ0v) is 15.5. The van der Waals surface area contributed by atoms with Crippen molar-refractivity contribution in [3.8, 4) is 5.75 Å². The number of halogens is 1. The summed E-state index contributed by atoms with van der Waals surface area (Å²) in [6.45, 7) is 6.85. The third-order valence-corrected chi connectivity index (χ3v) is 4.24. The average molecular weight is 363 g/mol. The largest absolute Gasteiger partial charge is 0.488 e. The van der Waals surface area contributed by atoms with Gasteiger partial charge >= 0.3 is 6.09 Å². The lowest BCUT2D eigenvalue weighted by molar-refractivity contribution is 0.0127. The molecule has 0 spiro atoms. The van der Waals surface area contributed by atoms with Gasteiger partial charge in [0, 0.05) is 48.6 Å². The fourth-order valence-corrected chi connectivity index (χ4v) is 3.09. The second-order valence-corrected chi connectivity index (χ2v) is 7.70. The molecule has 2 heterocycles. The minimum absolute atomic E-state index is 0.0300. The maximum absolute atomic E-state index is 12.1. The molecule has 0 aliphatic carbocycles. The van der Waals surface area contributed by atoms with Crippen LogP contribution in [-0.2, 0) is 4.74 Å². The second kappa shape index (κ2) is 7.08. The minimum atomic E-state index is -0.476. The number of carbonyl (C=O) groups excluding carboxylic acids is 1. The van der Waals surface area contributed by atoms with Crippen LogP contribution in [0.25, 0.3) is 10.9 Å². The summed E-state index contributed by atoms with van der Waals surface area (Å²) in [6, 6.07) is 7.52. The summed E-state index contributed by atoms with van der Waals surface area (Å²) in [4.78, 5) is 18.3. The molecule has 3 rings (SSSR count). The SMILES string of the molecule is CC(C)(C)OC(=O)N1CCC(Oc2cc(Cl)cc3cccnc23)CC1. The fourth-order valence-electron chi connectivity index (χ4n) is 2.88. The molecule has 1 aromatic carbocycles. The van der Waals surface area contributed by atoms with Crippen molar-refractivity contribution in [3.05, 3.63) is 35.5 Å². The van der Waals surface area contributed by atoms with E-state index in [4.69, 9.17) is 21.1 Å². The monoisotopic (exact) mass is 362 g/mol. The summed E-state index contributed by atoms with van der Waals surface area (Å²) in [6.07, 6.45) is 3.01. The zero-order valence-electron chi connectivity index (χ0n) is 14.8. The molecule has 6 heteroatoms. The van der Waals surface area contributed by atoms with Crippen molar-refractivity contribution in [1.82, 2.24) is 9.88 Å². The molecule has 0 N–H and O–H groups in total. The van der Waals surface area contributed by atoms with Crippen LogP contribution in [0.1, 0.15) is 33.6 Å². The van der Waals surface area contributed by atoms with Crippen molar-refractivity contribution in [2.45, 2.75) is 45.3 Å². The fraction of sp³-hybridized carbons (Fsp3) is 0.474. The van der Waals surface area contributed by atoms with E-state index >= 15 is 0 Å². The van der Waals surface area contributed by atoms with E-state index in [1.807, 2.05) is 39.0 Å². The van der Waals surface area contributed by atoms with E-state index in [9.17, 15) is 4.79 Å². The number of benzene rings is 1. The Hall–Kier alpha value is -2.01. The molecule has 0 atom stereocenters. The molecule has 1 aliphatic rings. The van der Waals surface area contributed by atoms with Gasteiger partial charge in [0.25, 0.3) is 0 Å². The Morgan fingerprint density at radius 1 is 1.28 bits per heavy atom. The van der Waals surface area contributed by atoms with E-state index in [0.29, 0.717) is 23.9 Å². The van der Waals surface area contributed by atoms with Crippen molar-refractivity contribution in [1.29, 1.82) is 0 Å². The molecule has 1 aromatic heterocycles. The van der Waals surface area contributed by atoms with Gasteiger partial charge in [0.05, 0.1) is 0 Å². The molecule has 0 unspecified atom stereocenters. The van der Waals surface area contributed by atoms with E-state index in [0.717, 1.165) is 23.7 Å². The average Bonchev–Trinajstić information content (AvgIpc) is 2.53. The number of nitrogens with zero attached hydrogens (tertiary/aromatic N) is 2. The van der Waals surface area contributed by atoms with Crippen LogP contribution in [0.3, 0.4) is 0 Å². The van der Waals surface area contributed by atoms with Crippen LogP contribution < -0.4 is 4.74 Å². The maximum Gasteiger partial charge on any atom is 0.410 e. The minimum Gasteiger partial charge on any atom is -0.488 e. The van der Waals surface area contributed by atoms with Gasteiger partial charge in [-0.1, -0.05) is 17.7 Å². The van der Waals surface area contributed by atoms with Crippen LogP contribution in [0.2, 0.25) is 5.02 Å². The van der Waals surface area contributed by atoms with Gasteiger partial charge in [0.1, 0.15) is 23.0 Å². The number of piperidine rings is 1. The van der Waals surface area contributed by atoms with Gasteiger partial charge in [-0.25, -0.2) is 4.79 Å². The van der Waals surface area contributed by atoms with E-state index in [2.05, 4.69) is 4.98 Å². The first-order chi connectivity index (χ1) is 11.8. The maximum atomic E-state index is 12.1. The molecule has 0 bridgehead atoms. The van der Waals surface area contributed by atoms with Crippen molar-refractivity contribution >= 4 is 28.6 Å². The summed E-state index contributed by atoms with van der Waals surface area (Å²) in [5, 5.41) is 1.58. The Balaban J connectivity index is 1.64. The first kappa shape index (κ1) is 17.8. The molecule has 134 valence electrons. The lowest BCUT2D eigenvalue weighted by atomic mass is 10.1. The highest BCUT2D eigenvalue weighted by molar-refractivity contribution is 6.31. The first-order valence-electron chi connectivity index (χ1n) is 8.51. The molecule has 2 aromatic rings. The summed E-state index contributed by atoms with van der Waals surface area (Å²) in [7, 11) is 0. The Morgan fingerprint density at radius 2 is 2.00 bits per heavy atom. The van der Waals surface area contributed by atoms with Crippen molar-refractivity contribution in [2.24, 2.45) is 0 Å². The Bertz CT molecular complexity index is 765. The summed E-state index contributed by atoms with van der Waals surface area (Å²) in [5.74, 6) is 0.693. The molecule has 1 fully saturated rings. The van der Waals surface area contributed by atoms with Crippen LogP contribution in [0.15, 0.2) is 30.5 Å². The van der Waals surface area contributed by atoms with Gasteiger partial charge in [-0.15, -0.1) is 0 Å². The Morgan fingerprint density at radius 3 is 2.68 bits per heavy atom. The highest BCUT2D eigenvalue weighted by Gasteiger charge is 2.28. The van der Waals surface area contributed by atoms with Gasteiger partial charge < -0.3 is 14.4 Å². The third-order valence-electron chi connectivity index (χ3n) is 4.02. The number of ether oxygens (including phenoxy) is 2. The normalized spacial score (nSPS) is 16.1. The number of carbonyl (C=O) groups is 1. The van der Waals surface area contributed by atoms with Gasteiger partial charge in [-0.05, 0) is 32.9 Å². The Labute approximate surface area is 152 Å². The van der Waals surface area contributed by atoms with Gasteiger partial charge in [-0.2, -0.15) is 0 Å². The lowest BCUT2D eigenvalue weighted by Crippen LogP contribution is -2.44. The van der Waals surface area contributed by atoms with E-state index in [1.54, 1.807) is 17.2 Å². The first-order valence-corrected chi connectivity index (χ1v) is 8.88. The summed E-state index contributed by atoms with van der Waals surface area (Å²) < 4.78 is 11.6. The third kappa shape index (κ3) is 4.54. The number of hydrogen-bond acceptors (Lipinski definition) is 4. The van der Waals surface area contributed by atoms with Crippen LogP contribution in [0.5, 0.6) is 5.75 Å². The quantitative estimate of drug-likeness (QED) is 0.779. The number of rotatable bonds is 2. The van der Waals surface area contributed by atoms with Crippen LogP contribution in [-0.4, -0.2) is 40.8 Å². The zero-order chi connectivity index (χ0) is 18.0. The van der Waals surface area contributed by atoms with Crippen LogP contribution in [0.4, 0.5) is 4.79 Å². The topological polar surface area (TPSA) is 51.7 Å². The number of fused-ring (bicyclic) bond motifs is 1. The number of pyridine rings is 1. The highest BCUT2D eigenvalue weighted by atomic mass is 35.5. The highest BCUT2D eigenvalue weighted by Crippen LogP contribution is 2.30. The van der Waals surface area contributed by atoms with Gasteiger partial charge in [0.2, 0.25) is 0 Å². The van der Waals surface area contributed by atoms with E-state index in [-0.39, 0.29) is 12.2 Å². The standard InChI is InChI=1S/C19H23ClN2O3/c1-19(2,3)25-18(23)22-9-6-15(7-10-22)24-16-12-14(20)11-13-5-4-8-21-17(13)16/h4-5,8,11-12,15H,6-7,9-10H2,1-3H3. The smallest absolute Gasteiger partial charge is 0.410 e. The van der Waals surface area contributed by atoms with Crippen molar-refractivity contribution in [3.63, 3.8) is 0 Å². The predicted octanol–water partition coefficient (Wildman–Crippen LogP) is 4.67. The second-order valence-electron chi connectivity index (χ2n) is 7.26. The molecule has 0 saturated carbocycles. The van der Waals surface area contributed by atoms with E-state index in [1.165, 1.54) is 0 Å². The Kier molecular flexibility index (Phi) is 5.04. The number of amides is 1. The molecular weight excluding hydrogens is 340 g/mol. The molecule has 0 radical (unpaired) electrons. The number of hydrogen-bond donors (Lipinski definition) is 0. The summed E-state index contributed by atoms with van der Waals surface area (Å²) in [5.41, 5.74) is 0.331. The van der Waals surface area contributed by atoms with Crippen molar-refractivity contribution in [2.75, 3.05) is 13.1 Å². The van der Waals surface area contributed by atoms with Crippen molar-refractivity contribution < 1.29 is 14.3 Å². The molecule has 5 nitrogen and oxygen atoms in total. The number of likely N-dealkylation sites (tertiary alicyclic amines) is 1. The molecule has 1 aliphatic heterocycles. The summed E-state index contributed by atoms with van der Waals surface area (Å²) >= 11 is 6.19. The molecule has 1 saturated heterocycles. The lowest BCUT2D eigenvalue weighted by Gasteiger charge is -2.33. The molecule has 1 amide bonds. The molecular formula is C19H23ClN2O3. The van der Waals surface area contributed by atoms with E-state index < -0.39 is 5.60 Å². The van der Waals surface area contributed by atoms with Crippen LogP contribution in [0, 0.1) is 0 Å². The predicted molar refractivity (Wildman–Crippen MR) is 98.2 cm³/mol. The van der Waals surface area contributed by atoms with Gasteiger partial charge in [-0.3, -0.25) is 4.98 Å². The van der Waals surface area contributed by atoms with Crippen LogP contribution >= 0.6 is 11.6 Å². The number of aromatic nitrogens is 1. The van der Waals surface area contributed by atoms with Gasteiger partial charge in [0.15, 0.2) is 0 Å². The molecule has 25 heavy (non-hydrogen) atoms.